The van der Waals surface area contributed by atoms with Crippen molar-refractivity contribution in [3.63, 3.8) is 0 Å². The second-order valence-electron chi connectivity index (χ2n) is 7.58. The zero-order chi connectivity index (χ0) is 24.8. The summed E-state index contributed by atoms with van der Waals surface area (Å²) >= 11 is 4.07. The molecular weight excluding hydrogens is 440 g/mol. The largest absolute Gasteiger partial charge is 0.480 e. The van der Waals surface area contributed by atoms with E-state index >= 15 is 0 Å². The second kappa shape index (κ2) is 15.4. The normalized spacial score (nSPS) is 15.5. The Balaban J connectivity index is 5.29. The first-order chi connectivity index (χ1) is 15.0. The van der Waals surface area contributed by atoms with Crippen molar-refractivity contribution >= 4 is 42.2 Å². The number of nitrogens with two attached hydrogens (primary N) is 3. The Labute approximate surface area is 193 Å². The summed E-state index contributed by atoms with van der Waals surface area (Å²) in [5, 5.41) is 16.7. The minimum Gasteiger partial charge on any atom is -0.480 e. The maximum Gasteiger partial charge on any atom is 0.326 e. The van der Waals surface area contributed by atoms with Crippen LogP contribution in [0.25, 0.3) is 0 Å². The number of rotatable bonds is 16. The summed E-state index contributed by atoms with van der Waals surface area (Å²) in [5.41, 5.74) is 16.1. The topological polar surface area (TPSA) is 220 Å². The zero-order valence-corrected chi connectivity index (χ0v) is 19.4. The summed E-state index contributed by atoms with van der Waals surface area (Å²) in [6.07, 6.45) is 1.45. The molecule has 5 atom stereocenters. The minimum atomic E-state index is -1.23. The van der Waals surface area contributed by atoms with Gasteiger partial charge >= 0.3 is 5.97 Å². The zero-order valence-electron chi connectivity index (χ0n) is 18.5. The van der Waals surface area contributed by atoms with E-state index in [0.29, 0.717) is 25.8 Å². The molecule has 0 radical (unpaired) electrons. The van der Waals surface area contributed by atoms with Gasteiger partial charge in [0.25, 0.3) is 0 Å². The lowest BCUT2D eigenvalue weighted by Crippen LogP contribution is -2.58. The molecule has 184 valence electrons. The maximum atomic E-state index is 12.8. The van der Waals surface area contributed by atoms with E-state index in [2.05, 4.69) is 28.6 Å². The number of carboxylic acids is 1. The maximum absolute atomic E-state index is 12.8. The molecule has 0 aromatic rings. The lowest BCUT2D eigenvalue weighted by Gasteiger charge is -2.26. The van der Waals surface area contributed by atoms with Crippen molar-refractivity contribution < 1.29 is 29.1 Å². The highest BCUT2D eigenvalue weighted by Crippen LogP contribution is 2.09. The van der Waals surface area contributed by atoms with Crippen molar-refractivity contribution in [1.82, 2.24) is 16.0 Å². The standard InChI is InChI=1S/C19H36N6O6S/c1-3-10(2)15(19(30)31)25-18(29)13(9-32)24-17(28)12(6-4-5-7-20)23-16(27)11(21)8-14(22)26/h10-13,15,32H,3-9,20-21H2,1-2H3,(H2,22,26)(H,23,27)(H,24,28)(H,25,29)(H,30,31). The van der Waals surface area contributed by atoms with Gasteiger partial charge in [-0.15, -0.1) is 0 Å². The summed E-state index contributed by atoms with van der Waals surface area (Å²) in [4.78, 5) is 60.0. The number of unbranched alkanes of at least 4 members (excludes halogenated alkanes) is 1. The molecular formula is C19H36N6O6S. The van der Waals surface area contributed by atoms with E-state index in [1.54, 1.807) is 13.8 Å². The number of aliphatic carboxylic acids is 1. The molecule has 0 aromatic carbocycles. The van der Waals surface area contributed by atoms with Crippen LogP contribution in [-0.4, -0.2) is 71.2 Å². The number of primary amides is 1. The quantitative estimate of drug-likeness (QED) is 0.0902. The first-order valence-electron chi connectivity index (χ1n) is 10.5. The van der Waals surface area contributed by atoms with Crippen molar-refractivity contribution in [1.29, 1.82) is 0 Å². The van der Waals surface area contributed by atoms with E-state index < -0.39 is 60.2 Å². The van der Waals surface area contributed by atoms with E-state index in [1.807, 2.05) is 0 Å². The smallest absolute Gasteiger partial charge is 0.326 e. The van der Waals surface area contributed by atoms with Gasteiger partial charge in [0.1, 0.15) is 18.1 Å². The number of hydrogen-bond donors (Lipinski definition) is 8. The van der Waals surface area contributed by atoms with Crippen molar-refractivity contribution in [2.45, 2.75) is 70.1 Å². The number of carboxylic acid groups (broad SMARTS) is 1. The van der Waals surface area contributed by atoms with Crippen molar-refractivity contribution in [3.05, 3.63) is 0 Å². The molecule has 0 aromatic heterocycles. The third-order valence-electron chi connectivity index (χ3n) is 4.93. The first kappa shape index (κ1) is 29.6. The molecule has 0 saturated heterocycles. The molecule has 32 heavy (non-hydrogen) atoms. The van der Waals surface area contributed by atoms with Gasteiger partial charge < -0.3 is 38.3 Å². The van der Waals surface area contributed by atoms with Crippen LogP contribution in [0, 0.1) is 5.92 Å². The number of carbonyl (C=O) groups excluding carboxylic acids is 4. The molecule has 0 saturated carbocycles. The third kappa shape index (κ3) is 10.8. The Bertz CT molecular complexity index is 664. The predicted octanol–water partition coefficient (Wildman–Crippen LogP) is -2.17. The predicted molar refractivity (Wildman–Crippen MR) is 121 cm³/mol. The Morgan fingerprint density at radius 2 is 1.53 bits per heavy atom. The Morgan fingerprint density at radius 3 is 2.00 bits per heavy atom. The number of thiol groups is 1. The molecule has 0 bridgehead atoms. The molecule has 0 fully saturated rings. The molecule has 0 heterocycles. The van der Waals surface area contributed by atoms with Gasteiger partial charge in [0, 0.05) is 5.75 Å². The lowest BCUT2D eigenvalue weighted by atomic mass is 9.99. The van der Waals surface area contributed by atoms with Gasteiger partial charge in [-0.2, -0.15) is 12.6 Å². The van der Waals surface area contributed by atoms with Crippen LogP contribution >= 0.6 is 12.6 Å². The van der Waals surface area contributed by atoms with Crippen LogP contribution in [0.4, 0.5) is 0 Å². The van der Waals surface area contributed by atoms with Crippen molar-refractivity contribution in [2.24, 2.45) is 23.1 Å². The Hall–Kier alpha value is -2.38. The summed E-state index contributed by atoms with van der Waals surface area (Å²) in [6, 6.07) is -4.54. The molecule has 5 unspecified atom stereocenters. The van der Waals surface area contributed by atoms with Crippen molar-refractivity contribution in [2.75, 3.05) is 12.3 Å². The van der Waals surface area contributed by atoms with Crippen LogP contribution in [0.3, 0.4) is 0 Å². The van der Waals surface area contributed by atoms with E-state index in [0.717, 1.165) is 0 Å². The summed E-state index contributed by atoms with van der Waals surface area (Å²) in [6.45, 7) is 3.87. The third-order valence-corrected chi connectivity index (χ3v) is 5.30. The lowest BCUT2D eigenvalue weighted by molar-refractivity contribution is -0.143. The molecule has 13 heteroatoms. The van der Waals surface area contributed by atoms with Crippen LogP contribution < -0.4 is 33.2 Å². The molecule has 12 nitrogen and oxygen atoms in total. The average molecular weight is 477 g/mol. The number of hydrogen-bond acceptors (Lipinski definition) is 8. The minimum absolute atomic E-state index is 0.102. The van der Waals surface area contributed by atoms with Crippen LogP contribution in [0.15, 0.2) is 0 Å². The van der Waals surface area contributed by atoms with Crippen LogP contribution in [0.2, 0.25) is 0 Å². The number of nitrogens with one attached hydrogen (secondary N) is 3. The first-order valence-corrected chi connectivity index (χ1v) is 11.1. The van der Waals surface area contributed by atoms with Crippen LogP contribution in [0.1, 0.15) is 46.0 Å². The Morgan fingerprint density at radius 1 is 0.969 bits per heavy atom. The van der Waals surface area contributed by atoms with Gasteiger partial charge in [-0.1, -0.05) is 20.3 Å². The number of amides is 4. The van der Waals surface area contributed by atoms with Gasteiger partial charge in [-0.05, 0) is 31.7 Å². The second-order valence-corrected chi connectivity index (χ2v) is 7.94. The van der Waals surface area contributed by atoms with Crippen LogP contribution in [-0.2, 0) is 24.0 Å². The molecule has 0 aliphatic heterocycles. The summed E-state index contributed by atoms with van der Waals surface area (Å²) < 4.78 is 0. The highest BCUT2D eigenvalue weighted by Gasteiger charge is 2.31. The van der Waals surface area contributed by atoms with Gasteiger partial charge in [-0.3, -0.25) is 19.2 Å². The van der Waals surface area contributed by atoms with E-state index in [-0.39, 0.29) is 18.1 Å². The molecule has 0 rings (SSSR count). The average Bonchev–Trinajstić information content (AvgIpc) is 2.73. The van der Waals surface area contributed by atoms with E-state index in [4.69, 9.17) is 17.2 Å². The van der Waals surface area contributed by atoms with Gasteiger partial charge in [-0.25, -0.2) is 4.79 Å². The molecule has 0 spiro atoms. The van der Waals surface area contributed by atoms with E-state index in [1.165, 1.54) is 0 Å². The SMILES string of the molecule is CCC(C)C(NC(=O)C(CS)NC(=O)C(CCCCN)NC(=O)C(N)CC(N)=O)C(=O)O. The van der Waals surface area contributed by atoms with Gasteiger partial charge in [0.2, 0.25) is 23.6 Å². The van der Waals surface area contributed by atoms with Gasteiger partial charge in [0.05, 0.1) is 12.5 Å². The summed E-state index contributed by atoms with van der Waals surface area (Å²) in [7, 11) is 0. The fourth-order valence-electron chi connectivity index (χ4n) is 2.75. The van der Waals surface area contributed by atoms with Crippen LogP contribution in [0.5, 0.6) is 0 Å². The highest BCUT2D eigenvalue weighted by atomic mass is 32.1. The fraction of sp³-hybridized carbons (Fsp3) is 0.737. The molecule has 0 aliphatic carbocycles. The van der Waals surface area contributed by atoms with E-state index in [9.17, 15) is 29.1 Å². The molecule has 4 amide bonds. The molecule has 0 aliphatic rings. The summed E-state index contributed by atoms with van der Waals surface area (Å²) in [5.74, 6) is -4.52. The van der Waals surface area contributed by atoms with Gasteiger partial charge in [0.15, 0.2) is 0 Å². The molecule has 10 N–H and O–H groups in total. The number of carbonyl (C=O) groups is 5. The highest BCUT2D eigenvalue weighted by molar-refractivity contribution is 7.80. The monoisotopic (exact) mass is 476 g/mol. The Kier molecular flexibility index (Phi) is 14.3. The van der Waals surface area contributed by atoms with Crippen molar-refractivity contribution in [3.8, 4) is 0 Å². The fourth-order valence-corrected chi connectivity index (χ4v) is 3.01.